The minimum atomic E-state index is 0.469. The zero-order chi connectivity index (χ0) is 15.8. The van der Waals surface area contributed by atoms with E-state index in [1.54, 1.807) is 6.20 Å². The Morgan fingerprint density at radius 3 is 2.82 bits per heavy atom. The van der Waals surface area contributed by atoms with Gasteiger partial charge in [-0.25, -0.2) is 4.98 Å². The first-order valence-electron chi connectivity index (χ1n) is 7.81. The molecule has 0 atom stereocenters. The van der Waals surface area contributed by atoms with Crippen LogP contribution in [0.4, 0.5) is 5.82 Å². The molecule has 2 aromatic heterocycles. The van der Waals surface area contributed by atoms with Crippen molar-refractivity contribution in [3.05, 3.63) is 42.0 Å². The lowest BCUT2D eigenvalue weighted by molar-refractivity contribution is 0.260. The molecular weight excluding hydrogens is 276 g/mol. The van der Waals surface area contributed by atoms with Gasteiger partial charge in [-0.15, -0.1) is 0 Å². The number of aromatic nitrogens is 3. The SMILES string of the molecule is CCCc1nc(NCc2cccnc2)cc(OCC(C)C)n1. The van der Waals surface area contributed by atoms with Gasteiger partial charge in [-0.1, -0.05) is 26.8 Å². The molecule has 2 aromatic rings. The van der Waals surface area contributed by atoms with Crippen LogP contribution in [0.2, 0.25) is 0 Å². The number of hydrogen-bond donors (Lipinski definition) is 1. The summed E-state index contributed by atoms with van der Waals surface area (Å²) in [7, 11) is 0. The average Bonchev–Trinajstić information content (AvgIpc) is 2.52. The largest absolute Gasteiger partial charge is 0.477 e. The molecule has 0 fully saturated rings. The fourth-order valence-corrected chi connectivity index (χ4v) is 1.92. The minimum Gasteiger partial charge on any atom is -0.477 e. The van der Waals surface area contributed by atoms with Crippen molar-refractivity contribution in [3.8, 4) is 5.88 Å². The summed E-state index contributed by atoms with van der Waals surface area (Å²) < 4.78 is 5.74. The Morgan fingerprint density at radius 1 is 1.27 bits per heavy atom. The van der Waals surface area contributed by atoms with Gasteiger partial charge in [0.25, 0.3) is 0 Å². The Labute approximate surface area is 132 Å². The first-order valence-corrected chi connectivity index (χ1v) is 7.81. The molecule has 0 amide bonds. The molecule has 5 heteroatoms. The monoisotopic (exact) mass is 300 g/mol. The summed E-state index contributed by atoms with van der Waals surface area (Å²) in [5.74, 6) is 2.72. The fourth-order valence-electron chi connectivity index (χ4n) is 1.92. The molecular formula is C17H24N4O. The molecule has 118 valence electrons. The van der Waals surface area contributed by atoms with E-state index in [4.69, 9.17) is 4.74 Å². The van der Waals surface area contributed by atoms with Crippen LogP contribution < -0.4 is 10.1 Å². The van der Waals surface area contributed by atoms with Crippen LogP contribution >= 0.6 is 0 Å². The smallest absolute Gasteiger partial charge is 0.218 e. The van der Waals surface area contributed by atoms with Gasteiger partial charge in [-0.3, -0.25) is 4.98 Å². The van der Waals surface area contributed by atoms with Crippen molar-refractivity contribution in [2.24, 2.45) is 5.92 Å². The Hall–Kier alpha value is -2.17. The average molecular weight is 300 g/mol. The standard InChI is InChI=1S/C17H24N4O/c1-4-6-15-20-16(9-17(21-15)22-12-13(2)3)19-11-14-7-5-8-18-10-14/h5,7-10,13H,4,6,11-12H2,1-3H3,(H,19,20,21). The van der Waals surface area contributed by atoms with Crippen LogP contribution in [0.5, 0.6) is 5.88 Å². The third-order valence-corrected chi connectivity index (χ3v) is 2.98. The molecule has 2 heterocycles. The van der Waals surface area contributed by atoms with E-state index in [9.17, 15) is 0 Å². The summed E-state index contributed by atoms with van der Waals surface area (Å²) in [5, 5.41) is 3.32. The Kier molecular flexibility index (Phi) is 6.13. The van der Waals surface area contributed by atoms with Crippen LogP contribution in [0.15, 0.2) is 30.6 Å². The van der Waals surface area contributed by atoms with Crippen molar-refractivity contribution in [1.82, 2.24) is 15.0 Å². The molecule has 0 aliphatic carbocycles. The molecule has 0 aliphatic rings. The maximum absolute atomic E-state index is 5.74. The summed E-state index contributed by atoms with van der Waals surface area (Å²) in [6.45, 7) is 7.70. The number of anilines is 1. The number of pyridine rings is 1. The van der Waals surface area contributed by atoms with Crippen molar-refractivity contribution < 1.29 is 4.74 Å². The van der Waals surface area contributed by atoms with E-state index in [1.807, 2.05) is 24.4 Å². The number of nitrogens with one attached hydrogen (secondary N) is 1. The molecule has 0 saturated carbocycles. The minimum absolute atomic E-state index is 0.469. The van der Waals surface area contributed by atoms with Gasteiger partial charge in [0.15, 0.2) is 0 Å². The van der Waals surface area contributed by atoms with E-state index in [2.05, 4.69) is 41.0 Å². The van der Waals surface area contributed by atoms with Gasteiger partial charge >= 0.3 is 0 Å². The summed E-state index contributed by atoms with van der Waals surface area (Å²) in [5.41, 5.74) is 1.11. The zero-order valence-electron chi connectivity index (χ0n) is 13.5. The molecule has 0 radical (unpaired) electrons. The van der Waals surface area contributed by atoms with Crippen molar-refractivity contribution >= 4 is 5.82 Å². The first-order chi connectivity index (χ1) is 10.7. The first kappa shape index (κ1) is 16.2. The van der Waals surface area contributed by atoms with E-state index in [0.717, 1.165) is 30.0 Å². The predicted molar refractivity (Wildman–Crippen MR) is 87.9 cm³/mol. The molecule has 2 rings (SSSR count). The highest BCUT2D eigenvalue weighted by Gasteiger charge is 2.06. The third-order valence-electron chi connectivity index (χ3n) is 2.98. The lowest BCUT2D eigenvalue weighted by atomic mass is 10.2. The highest BCUT2D eigenvalue weighted by atomic mass is 16.5. The van der Waals surface area contributed by atoms with Gasteiger partial charge in [0, 0.05) is 31.4 Å². The molecule has 0 bridgehead atoms. The van der Waals surface area contributed by atoms with Crippen LogP contribution in [0, 0.1) is 5.92 Å². The van der Waals surface area contributed by atoms with E-state index in [1.165, 1.54) is 0 Å². The van der Waals surface area contributed by atoms with Crippen LogP contribution in [-0.4, -0.2) is 21.6 Å². The number of aryl methyl sites for hydroxylation is 1. The van der Waals surface area contributed by atoms with Gasteiger partial charge in [0.05, 0.1) is 6.61 Å². The molecule has 0 saturated heterocycles. The topological polar surface area (TPSA) is 59.9 Å². The normalized spacial score (nSPS) is 10.7. The van der Waals surface area contributed by atoms with Gasteiger partial charge < -0.3 is 10.1 Å². The van der Waals surface area contributed by atoms with Gasteiger partial charge in [-0.05, 0) is 24.0 Å². The molecule has 1 N–H and O–H groups in total. The number of hydrogen-bond acceptors (Lipinski definition) is 5. The van der Waals surface area contributed by atoms with Gasteiger partial charge in [-0.2, -0.15) is 4.98 Å². The van der Waals surface area contributed by atoms with Crippen LogP contribution in [0.25, 0.3) is 0 Å². The van der Waals surface area contributed by atoms with Crippen LogP contribution in [0.3, 0.4) is 0 Å². The van der Waals surface area contributed by atoms with Crippen molar-refractivity contribution in [3.63, 3.8) is 0 Å². The Balaban J connectivity index is 2.07. The second-order valence-corrected chi connectivity index (χ2v) is 5.68. The number of nitrogens with zero attached hydrogens (tertiary/aromatic N) is 3. The van der Waals surface area contributed by atoms with Crippen molar-refractivity contribution in [1.29, 1.82) is 0 Å². The molecule has 0 spiro atoms. The van der Waals surface area contributed by atoms with E-state index in [-0.39, 0.29) is 0 Å². The second kappa shape index (κ2) is 8.32. The van der Waals surface area contributed by atoms with Crippen molar-refractivity contribution in [2.45, 2.75) is 40.2 Å². The van der Waals surface area contributed by atoms with E-state index in [0.29, 0.717) is 24.9 Å². The molecule has 5 nitrogen and oxygen atoms in total. The summed E-state index contributed by atoms with van der Waals surface area (Å²) in [6.07, 6.45) is 5.47. The number of ether oxygens (including phenoxy) is 1. The molecule has 0 unspecified atom stereocenters. The molecule has 0 aromatic carbocycles. The maximum atomic E-state index is 5.74. The highest BCUT2D eigenvalue weighted by molar-refractivity contribution is 5.39. The van der Waals surface area contributed by atoms with E-state index < -0.39 is 0 Å². The Morgan fingerprint density at radius 2 is 2.14 bits per heavy atom. The number of rotatable bonds is 8. The summed E-state index contributed by atoms with van der Waals surface area (Å²) in [6, 6.07) is 5.82. The summed E-state index contributed by atoms with van der Waals surface area (Å²) >= 11 is 0. The second-order valence-electron chi connectivity index (χ2n) is 5.68. The highest BCUT2D eigenvalue weighted by Crippen LogP contribution is 2.16. The van der Waals surface area contributed by atoms with Crippen molar-refractivity contribution in [2.75, 3.05) is 11.9 Å². The third kappa shape index (κ3) is 5.31. The molecule has 0 aliphatic heterocycles. The molecule has 22 heavy (non-hydrogen) atoms. The van der Waals surface area contributed by atoms with Crippen LogP contribution in [0.1, 0.15) is 38.6 Å². The predicted octanol–water partition coefficient (Wildman–Crippen LogP) is 3.47. The van der Waals surface area contributed by atoms with E-state index >= 15 is 0 Å². The fraction of sp³-hybridized carbons (Fsp3) is 0.471. The lowest BCUT2D eigenvalue weighted by Crippen LogP contribution is -2.09. The lowest BCUT2D eigenvalue weighted by Gasteiger charge is -2.12. The zero-order valence-corrected chi connectivity index (χ0v) is 13.5. The Bertz CT molecular complexity index is 572. The van der Waals surface area contributed by atoms with Crippen LogP contribution in [-0.2, 0) is 13.0 Å². The van der Waals surface area contributed by atoms with Gasteiger partial charge in [0.1, 0.15) is 11.6 Å². The quantitative estimate of drug-likeness (QED) is 0.809. The summed E-state index contributed by atoms with van der Waals surface area (Å²) in [4.78, 5) is 13.1. The maximum Gasteiger partial charge on any atom is 0.218 e. The van der Waals surface area contributed by atoms with Gasteiger partial charge in [0.2, 0.25) is 5.88 Å².